The van der Waals surface area contributed by atoms with Crippen LogP contribution in [0.2, 0.25) is 30.1 Å². The van der Waals surface area contributed by atoms with Gasteiger partial charge in [0.25, 0.3) is 0 Å². The number of methoxy groups -OCH3 is 1. The molecule has 0 fully saturated rings. The second-order valence-corrected chi connectivity index (χ2v) is 13.1. The number of nitrogens with zero attached hydrogens (tertiary/aromatic N) is 4. The van der Waals surface area contributed by atoms with Gasteiger partial charge in [0.1, 0.15) is 0 Å². The van der Waals surface area contributed by atoms with E-state index in [1.807, 2.05) is 6.26 Å². The van der Waals surface area contributed by atoms with Crippen LogP contribution in [-0.4, -0.2) is 43.5 Å². The Labute approximate surface area is 310 Å². The van der Waals surface area contributed by atoms with Gasteiger partial charge in [0, 0.05) is 31.2 Å². The highest BCUT2D eigenvalue weighted by Gasteiger charge is 2.21. The van der Waals surface area contributed by atoms with Gasteiger partial charge in [-0.15, -0.1) is 0 Å². The predicted octanol–water partition coefficient (Wildman–Crippen LogP) is 11.7. The van der Waals surface area contributed by atoms with Crippen LogP contribution in [0.25, 0.3) is 44.8 Å². The number of aromatic hydroxyl groups is 2. The van der Waals surface area contributed by atoms with E-state index < -0.39 is 0 Å². The van der Waals surface area contributed by atoms with Gasteiger partial charge < -0.3 is 14.9 Å². The van der Waals surface area contributed by atoms with Crippen molar-refractivity contribution in [1.82, 2.24) is 19.9 Å². The zero-order chi connectivity index (χ0) is 34.5. The van der Waals surface area contributed by atoms with Gasteiger partial charge in [0.2, 0.25) is 11.8 Å². The normalized spacial score (nSPS) is 10.8. The Bertz CT molecular complexity index is 1950. The van der Waals surface area contributed by atoms with Crippen molar-refractivity contribution in [1.29, 1.82) is 0 Å². The van der Waals surface area contributed by atoms with Crippen LogP contribution in [0.3, 0.4) is 0 Å². The van der Waals surface area contributed by atoms with Crippen LogP contribution >= 0.6 is 81.4 Å². The van der Waals surface area contributed by atoms with E-state index in [1.165, 1.54) is 18.9 Å². The summed E-state index contributed by atoms with van der Waals surface area (Å²) in [5.41, 5.74) is 4.59. The van der Waals surface area contributed by atoms with Gasteiger partial charge in [-0.05, 0) is 78.0 Å². The fourth-order valence-corrected chi connectivity index (χ4v) is 6.17. The molecule has 7 nitrogen and oxygen atoms in total. The molecule has 2 aromatic heterocycles. The minimum absolute atomic E-state index is 0.0335. The topological polar surface area (TPSA) is 101 Å². The van der Waals surface area contributed by atoms with Crippen LogP contribution in [0.15, 0.2) is 90.1 Å². The number of rotatable bonds is 6. The molecule has 2 N–H and O–H groups in total. The lowest BCUT2D eigenvalue weighted by molar-refractivity contribution is 0.365. The Balaban J connectivity index is 0.000000188. The van der Waals surface area contributed by atoms with Gasteiger partial charge in [-0.1, -0.05) is 106 Å². The molecule has 6 rings (SSSR count). The molecule has 0 aliphatic carbocycles. The summed E-state index contributed by atoms with van der Waals surface area (Å²) in [6.07, 6.45) is 1.84. The fourth-order valence-electron chi connectivity index (χ4n) is 4.56. The maximum absolute atomic E-state index is 10.5. The summed E-state index contributed by atoms with van der Waals surface area (Å²) < 4.78 is 5.06. The van der Waals surface area contributed by atoms with Crippen LogP contribution in [0.4, 0.5) is 0 Å². The summed E-state index contributed by atoms with van der Waals surface area (Å²) >= 11 is 37.8. The Morgan fingerprint density at radius 3 is 1.38 bits per heavy atom. The molecule has 0 atom stereocenters. The summed E-state index contributed by atoms with van der Waals surface area (Å²) in [5, 5.41) is 24.4. The standard InChI is InChI=1S/C17H11Cl3N2O2.C17H11Cl3N2OS/c2*1-24-17-21-15(12-7-6-11(19)8-13(12)20)14(16(23)22-17)9-2-4-10(18)5-3-9/h2*2-8H,1H3,(H,21,22,23). The monoisotopic (exact) mass is 776 g/mol. The fraction of sp³-hybridized carbons (Fsp3) is 0.0588. The van der Waals surface area contributed by atoms with E-state index in [4.69, 9.17) is 74.3 Å². The third-order valence-corrected chi connectivity index (χ3v) is 8.89. The van der Waals surface area contributed by atoms with Crippen LogP contribution < -0.4 is 4.74 Å². The van der Waals surface area contributed by atoms with Crippen molar-refractivity contribution in [2.75, 3.05) is 13.4 Å². The first-order valence-corrected chi connectivity index (χ1v) is 17.2. The van der Waals surface area contributed by atoms with Gasteiger partial charge in [-0.25, -0.2) is 4.98 Å². The zero-order valence-corrected chi connectivity index (χ0v) is 30.2. The molecule has 0 amide bonds. The average molecular weight is 779 g/mol. The molecule has 14 heteroatoms. The van der Waals surface area contributed by atoms with E-state index >= 15 is 0 Å². The summed E-state index contributed by atoms with van der Waals surface area (Å²) in [6, 6.07) is 24.2. The Kier molecular flexibility index (Phi) is 11.8. The maximum Gasteiger partial charge on any atom is 0.320 e. The first kappa shape index (κ1) is 35.8. The molecule has 0 aliphatic rings. The van der Waals surface area contributed by atoms with Crippen LogP contribution in [0.1, 0.15) is 0 Å². The number of hydrogen-bond acceptors (Lipinski definition) is 8. The van der Waals surface area contributed by atoms with E-state index in [0.717, 1.165) is 5.56 Å². The Morgan fingerprint density at radius 1 is 0.542 bits per heavy atom. The van der Waals surface area contributed by atoms with Crippen molar-refractivity contribution in [3.63, 3.8) is 0 Å². The lowest BCUT2D eigenvalue weighted by atomic mass is 10.00. The van der Waals surface area contributed by atoms with Crippen molar-refractivity contribution in [2.24, 2.45) is 0 Å². The van der Waals surface area contributed by atoms with Gasteiger partial charge in [-0.2, -0.15) is 15.0 Å². The minimum Gasteiger partial charge on any atom is -0.493 e. The number of ether oxygens (including phenoxy) is 1. The second kappa shape index (κ2) is 15.8. The second-order valence-electron chi connectivity index (χ2n) is 9.78. The van der Waals surface area contributed by atoms with Crippen LogP contribution in [0.5, 0.6) is 17.8 Å². The average Bonchev–Trinajstić information content (AvgIpc) is 3.05. The zero-order valence-electron chi connectivity index (χ0n) is 24.9. The molecule has 48 heavy (non-hydrogen) atoms. The molecule has 2 heterocycles. The van der Waals surface area contributed by atoms with E-state index in [0.29, 0.717) is 74.5 Å². The third kappa shape index (κ3) is 8.21. The van der Waals surface area contributed by atoms with Crippen molar-refractivity contribution < 1.29 is 14.9 Å². The van der Waals surface area contributed by atoms with Crippen LogP contribution in [0, 0.1) is 0 Å². The SMILES string of the molecule is COc1nc(O)c(-c2ccc(Cl)cc2)c(-c2ccc(Cl)cc2Cl)n1.CSc1nc(O)c(-c2ccc(Cl)cc2)c(-c2ccc(Cl)cc2Cl)n1. The van der Waals surface area contributed by atoms with Gasteiger partial charge in [-0.3, -0.25) is 0 Å². The molecule has 0 spiro atoms. The van der Waals surface area contributed by atoms with Crippen molar-refractivity contribution in [3.05, 3.63) is 115 Å². The van der Waals surface area contributed by atoms with E-state index in [1.54, 1.807) is 84.9 Å². The summed E-state index contributed by atoms with van der Waals surface area (Å²) in [4.78, 5) is 17.0. The highest BCUT2D eigenvalue weighted by molar-refractivity contribution is 7.98. The molecule has 0 unspecified atom stereocenters. The number of aromatic nitrogens is 4. The van der Waals surface area contributed by atoms with Gasteiger partial charge >= 0.3 is 6.01 Å². The van der Waals surface area contributed by atoms with Crippen molar-refractivity contribution >= 4 is 81.4 Å². The largest absolute Gasteiger partial charge is 0.493 e. The molecular formula is C34H22Cl6N4O3S. The summed E-state index contributed by atoms with van der Waals surface area (Å²) in [7, 11) is 1.42. The third-order valence-electron chi connectivity index (χ3n) is 6.74. The van der Waals surface area contributed by atoms with E-state index in [2.05, 4.69) is 19.9 Å². The highest BCUT2D eigenvalue weighted by Crippen LogP contribution is 2.42. The first-order chi connectivity index (χ1) is 23.0. The highest BCUT2D eigenvalue weighted by atomic mass is 35.5. The van der Waals surface area contributed by atoms with Gasteiger partial charge in [0.05, 0.1) is 39.7 Å². The molecule has 0 bridgehead atoms. The van der Waals surface area contributed by atoms with Crippen molar-refractivity contribution in [3.8, 4) is 62.5 Å². The molecule has 0 saturated carbocycles. The quantitative estimate of drug-likeness (QED) is 0.127. The van der Waals surface area contributed by atoms with E-state index in [-0.39, 0.29) is 17.8 Å². The molecule has 0 aliphatic heterocycles. The predicted molar refractivity (Wildman–Crippen MR) is 198 cm³/mol. The minimum atomic E-state index is -0.217. The number of halogens is 6. The number of benzene rings is 4. The van der Waals surface area contributed by atoms with Crippen molar-refractivity contribution in [2.45, 2.75) is 5.16 Å². The van der Waals surface area contributed by atoms with Crippen LogP contribution in [-0.2, 0) is 0 Å². The lowest BCUT2D eigenvalue weighted by Crippen LogP contribution is -1.98. The summed E-state index contributed by atoms with van der Waals surface area (Å²) in [6.45, 7) is 0. The summed E-state index contributed by atoms with van der Waals surface area (Å²) in [5.74, 6) is -0.331. The smallest absolute Gasteiger partial charge is 0.320 e. The van der Waals surface area contributed by atoms with E-state index in [9.17, 15) is 10.2 Å². The molecular weight excluding hydrogens is 757 g/mol. The first-order valence-electron chi connectivity index (χ1n) is 13.7. The Hall–Kier alpha value is -3.47. The number of hydrogen-bond donors (Lipinski definition) is 2. The van der Waals surface area contributed by atoms with Gasteiger partial charge in [0.15, 0.2) is 5.16 Å². The molecule has 244 valence electrons. The molecule has 0 radical (unpaired) electrons. The maximum atomic E-state index is 10.5. The molecule has 0 saturated heterocycles. The molecule has 6 aromatic rings. The number of thioether (sulfide) groups is 1. The lowest BCUT2D eigenvalue weighted by Gasteiger charge is -2.13. The molecule has 4 aromatic carbocycles. The Morgan fingerprint density at radius 2 is 0.958 bits per heavy atom.